The van der Waals surface area contributed by atoms with Crippen LogP contribution in [0.4, 0.5) is 13.2 Å². The zero-order valence-electron chi connectivity index (χ0n) is 8.66. The Kier molecular flexibility index (Phi) is 4.12. The van der Waals surface area contributed by atoms with Crippen LogP contribution in [0.3, 0.4) is 0 Å². The average molecular weight is 268 g/mol. The molecule has 1 aromatic carbocycles. The van der Waals surface area contributed by atoms with Crippen molar-refractivity contribution < 1.29 is 21.6 Å². The van der Waals surface area contributed by atoms with Crippen molar-refractivity contribution in [3.05, 3.63) is 29.8 Å². The van der Waals surface area contributed by atoms with Gasteiger partial charge in [-0.25, -0.2) is 13.1 Å². The fourth-order valence-electron chi connectivity index (χ4n) is 1.21. The van der Waals surface area contributed by atoms with Crippen LogP contribution in [0, 0.1) is 0 Å². The van der Waals surface area contributed by atoms with Gasteiger partial charge < -0.3 is 5.73 Å². The first-order valence-corrected chi connectivity index (χ1v) is 6.13. The van der Waals surface area contributed by atoms with Crippen molar-refractivity contribution in [1.82, 2.24) is 4.72 Å². The van der Waals surface area contributed by atoms with E-state index in [1.54, 1.807) is 0 Å². The Balaban J connectivity index is 3.23. The molecule has 0 radical (unpaired) electrons. The largest absolute Gasteiger partial charge is 0.417 e. The minimum absolute atomic E-state index is 0.00736. The van der Waals surface area contributed by atoms with Crippen molar-refractivity contribution in [3.63, 3.8) is 0 Å². The summed E-state index contributed by atoms with van der Waals surface area (Å²) in [6.45, 7) is -0.109. The first kappa shape index (κ1) is 13.9. The fourth-order valence-corrected chi connectivity index (χ4v) is 2.48. The van der Waals surface area contributed by atoms with Gasteiger partial charge in [-0.3, -0.25) is 0 Å². The standard InChI is InChI=1S/C9H11F3N2O2S/c10-9(11,12)7-3-1-2-4-8(7)17(15,16)14-6-5-13/h1-4,14H,5-6,13H2. The lowest BCUT2D eigenvalue weighted by Crippen LogP contribution is -2.30. The van der Waals surface area contributed by atoms with E-state index in [0.717, 1.165) is 18.2 Å². The summed E-state index contributed by atoms with van der Waals surface area (Å²) in [7, 11) is -4.19. The Labute approximate surface area is 96.7 Å². The van der Waals surface area contributed by atoms with Crippen LogP contribution in [0.15, 0.2) is 29.2 Å². The molecule has 1 aromatic rings. The van der Waals surface area contributed by atoms with E-state index < -0.39 is 26.7 Å². The molecule has 0 aliphatic carbocycles. The molecule has 0 aromatic heterocycles. The second-order valence-corrected chi connectivity index (χ2v) is 4.92. The number of benzene rings is 1. The first-order valence-electron chi connectivity index (χ1n) is 4.65. The molecule has 1 rings (SSSR count). The lowest BCUT2D eigenvalue weighted by Gasteiger charge is -2.13. The van der Waals surface area contributed by atoms with Crippen LogP contribution in [0.25, 0.3) is 0 Å². The van der Waals surface area contributed by atoms with E-state index in [-0.39, 0.29) is 13.1 Å². The molecule has 4 nitrogen and oxygen atoms in total. The number of hydrogen-bond donors (Lipinski definition) is 2. The van der Waals surface area contributed by atoms with Gasteiger partial charge >= 0.3 is 6.18 Å². The minimum Gasteiger partial charge on any atom is -0.329 e. The third-order valence-electron chi connectivity index (χ3n) is 1.92. The van der Waals surface area contributed by atoms with Crippen LogP contribution in [0.5, 0.6) is 0 Å². The van der Waals surface area contributed by atoms with E-state index in [4.69, 9.17) is 5.73 Å². The minimum atomic E-state index is -4.71. The SMILES string of the molecule is NCCNS(=O)(=O)c1ccccc1C(F)(F)F. The molecular formula is C9H11F3N2O2S. The Bertz CT molecular complexity index is 485. The zero-order valence-corrected chi connectivity index (χ0v) is 9.48. The highest BCUT2D eigenvalue weighted by Gasteiger charge is 2.36. The number of alkyl halides is 3. The van der Waals surface area contributed by atoms with E-state index in [0.29, 0.717) is 0 Å². The molecule has 8 heteroatoms. The molecule has 0 amide bonds. The van der Waals surface area contributed by atoms with Crippen LogP contribution in [-0.4, -0.2) is 21.5 Å². The predicted octanol–water partition coefficient (Wildman–Crippen LogP) is 0.942. The van der Waals surface area contributed by atoms with Gasteiger partial charge in [0.25, 0.3) is 0 Å². The molecule has 3 N–H and O–H groups in total. The van der Waals surface area contributed by atoms with Gasteiger partial charge in [0.2, 0.25) is 10.0 Å². The maximum Gasteiger partial charge on any atom is 0.417 e. The molecule has 0 unspecified atom stereocenters. The molecule has 17 heavy (non-hydrogen) atoms. The summed E-state index contributed by atoms with van der Waals surface area (Å²) in [5.74, 6) is 0. The molecular weight excluding hydrogens is 257 g/mol. The normalized spacial score (nSPS) is 12.7. The third-order valence-corrected chi connectivity index (χ3v) is 3.44. The number of sulfonamides is 1. The molecule has 0 saturated carbocycles. The highest BCUT2D eigenvalue weighted by atomic mass is 32.2. The van der Waals surface area contributed by atoms with Gasteiger partial charge in [-0.1, -0.05) is 12.1 Å². The molecule has 0 atom stereocenters. The Morgan fingerprint density at radius 3 is 2.35 bits per heavy atom. The molecule has 0 aliphatic rings. The van der Waals surface area contributed by atoms with Gasteiger partial charge in [-0.05, 0) is 12.1 Å². The number of hydrogen-bond acceptors (Lipinski definition) is 3. The number of rotatable bonds is 4. The summed E-state index contributed by atoms with van der Waals surface area (Å²) < 4.78 is 62.9. The lowest BCUT2D eigenvalue weighted by atomic mass is 10.2. The van der Waals surface area contributed by atoms with Crippen LogP contribution >= 0.6 is 0 Å². The quantitative estimate of drug-likeness (QED) is 0.853. The molecule has 0 saturated heterocycles. The van der Waals surface area contributed by atoms with Gasteiger partial charge in [-0.2, -0.15) is 13.2 Å². The maximum absolute atomic E-state index is 12.6. The van der Waals surface area contributed by atoms with Crippen LogP contribution in [0.2, 0.25) is 0 Å². The monoisotopic (exact) mass is 268 g/mol. The average Bonchev–Trinajstić information content (AvgIpc) is 2.25. The van der Waals surface area contributed by atoms with Crippen molar-refractivity contribution in [2.45, 2.75) is 11.1 Å². The van der Waals surface area contributed by atoms with Crippen molar-refractivity contribution in [3.8, 4) is 0 Å². The summed E-state index contributed by atoms with van der Waals surface area (Å²) in [4.78, 5) is -0.791. The zero-order chi connectivity index (χ0) is 13.1. The fraction of sp³-hybridized carbons (Fsp3) is 0.333. The second-order valence-electron chi connectivity index (χ2n) is 3.18. The molecule has 0 heterocycles. The van der Waals surface area contributed by atoms with E-state index >= 15 is 0 Å². The smallest absolute Gasteiger partial charge is 0.329 e. The Hall–Kier alpha value is -1.12. The van der Waals surface area contributed by atoms with Gasteiger partial charge in [0.1, 0.15) is 0 Å². The molecule has 0 spiro atoms. The number of halogens is 3. The van der Waals surface area contributed by atoms with Crippen molar-refractivity contribution >= 4 is 10.0 Å². The van der Waals surface area contributed by atoms with Gasteiger partial charge in [-0.15, -0.1) is 0 Å². The number of nitrogens with one attached hydrogen (secondary N) is 1. The van der Waals surface area contributed by atoms with Crippen molar-refractivity contribution in [2.24, 2.45) is 5.73 Å². The van der Waals surface area contributed by atoms with Gasteiger partial charge in [0.15, 0.2) is 0 Å². The summed E-state index contributed by atoms with van der Waals surface area (Å²) >= 11 is 0. The molecule has 0 fully saturated rings. The third kappa shape index (κ3) is 3.42. The van der Waals surface area contributed by atoms with Gasteiger partial charge in [0, 0.05) is 13.1 Å². The van der Waals surface area contributed by atoms with Crippen molar-refractivity contribution in [2.75, 3.05) is 13.1 Å². The Morgan fingerprint density at radius 2 is 1.82 bits per heavy atom. The maximum atomic E-state index is 12.6. The van der Waals surface area contributed by atoms with E-state index in [1.807, 2.05) is 4.72 Å². The summed E-state index contributed by atoms with van der Waals surface area (Å²) in [6.07, 6.45) is -4.71. The highest BCUT2D eigenvalue weighted by molar-refractivity contribution is 7.89. The van der Waals surface area contributed by atoms with E-state index in [2.05, 4.69) is 0 Å². The summed E-state index contributed by atoms with van der Waals surface area (Å²) in [6, 6.07) is 3.98. The molecule has 0 aliphatic heterocycles. The second kappa shape index (κ2) is 5.03. The van der Waals surface area contributed by atoms with E-state index in [1.165, 1.54) is 6.07 Å². The summed E-state index contributed by atoms with van der Waals surface area (Å²) in [5, 5.41) is 0. The highest BCUT2D eigenvalue weighted by Crippen LogP contribution is 2.33. The van der Waals surface area contributed by atoms with Gasteiger partial charge in [0.05, 0.1) is 10.5 Å². The van der Waals surface area contributed by atoms with Crippen LogP contribution in [0.1, 0.15) is 5.56 Å². The van der Waals surface area contributed by atoms with Crippen molar-refractivity contribution in [1.29, 1.82) is 0 Å². The first-order chi connectivity index (χ1) is 7.79. The van der Waals surface area contributed by atoms with Crippen LogP contribution in [-0.2, 0) is 16.2 Å². The summed E-state index contributed by atoms with van der Waals surface area (Å²) in [5.41, 5.74) is 3.90. The molecule has 96 valence electrons. The number of nitrogens with two attached hydrogens (primary N) is 1. The predicted molar refractivity (Wildman–Crippen MR) is 55.7 cm³/mol. The van der Waals surface area contributed by atoms with E-state index in [9.17, 15) is 21.6 Å². The Morgan fingerprint density at radius 1 is 1.24 bits per heavy atom. The molecule has 0 bridgehead atoms. The topological polar surface area (TPSA) is 72.2 Å². The lowest BCUT2D eigenvalue weighted by molar-refractivity contribution is -0.139. The van der Waals surface area contributed by atoms with Crippen LogP contribution < -0.4 is 10.5 Å².